The van der Waals surface area contributed by atoms with Gasteiger partial charge in [0, 0.05) is 30.2 Å². The van der Waals surface area contributed by atoms with E-state index in [0.717, 1.165) is 18.5 Å². The standard InChI is InChI=1S/C19H21N3O2/c23-18(12-14-4-1-2-5-14)21-16-7-9-17(10-8-16)22-19(24)15-6-3-11-20-13-15/h3,6-11,13-14H,1-2,4-5,12H2,(H,21,23)(H,22,24). The molecule has 0 saturated heterocycles. The molecule has 2 amide bonds. The second-order valence-corrected chi connectivity index (χ2v) is 6.18. The molecule has 5 nitrogen and oxygen atoms in total. The quantitative estimate of drug-likeness (QED) is 0.878. The molecular weight excluding hydrogens is 302 g/mol. The number of amides is 2. The van der Waals surface area contributed by atoms with E-state index in [1.54, 1.807) is 42.6 Å². The Morgan fingerprint density at radius 3 is 2.29 bits per heavy atom. The van der Waals surface area contributed by atoms with Crippen LogP contribution in [-0.2, 0) is 4.79 Å². The summed E-state index contributed by atoms with van der Waals surface area (Å²) in [5, 5.41) is 5.73. The number of anilines is 2. The van der Waals surface area contributed by atoms with E-state index in [-0.39, 0.29) is 11.8 Å². The van der Waals surface area contributed by atoms with Crippen molar-refractivity contribution in [3.63, 3.8) is 0 Å². The van der Waals surface area contributed by atoms with Crippen LogP contribution in [-0.4, -0.2) is 16.8 Å². The van der Waals surface area contributed by atoms with Crippen LogP contribution in [0.15, 0.2) is 48.8 Å². The van der Waals surface area contributed by atoms with E-state index in [1.165, 1.54) is 19.0 Å². The number of benzene rings is 1. The highest BCUT2D eigenvalue weighted by molar-refractivity contribution is 6.04. The Bertz CT molecular complexity index is 692. The number of carbonyl (C=O) groups is 2. The number of pyridine rings is 1. The average Bonchev–Trinajstić information content (AvgIpc) is 3.10. The molecule has 1 aromatic heterocycles. The zero-order valence-corrected chi connectivity index (χ0v) is 13.5. The van der Waals surface area contributed by atoms with Crippen LogP contribution in [0.1, 0.15) is 42.5 Å². The summed E-state index contributed by atoms with van der Waals surface area (Å²) < 4.78 is 0. The summed E-state index contributed by atoms with van der Waals surface area (Å²) in [4.78, 5) is 28.0. The molecule has 0 atom stereocenters. The number of hydrogen-bond acceptors (Lipinski definition) is 3. The minimum Gasteiger partial charge on any atom is -0.326 e. The number of nitrogens with one attached hydrogen (secondary N) is 2. The lowest BCUT2D eigenvalue weighted by atomic mass is 10.0. The largest absolute Gasteiger partial charge is 0.326 e. The fourth-order valence-electron chi connectivity index (χ4n) is 3.03. The van der Waals surface area contributed by atoms with Crippen LogP contribution < -0.4 is 10.6 Å². The number of aromatic nitrogens is 1. The molecule has 1 saturated carbocycles. The van der Waals surface area contributed by atoms with Crippen molar-refractivity contribution in [1.29, 1.82) is 0 Å². The van der Waals surface area contributed by atoms with Crippen LogP contribution in [0, 0.1) is 5.92 Å². The molecule has 0 aliphatic heterocycles. The third-order valence-electron chi connectivity index (χ3n) is 4.30. The minimum atomic E-state index is -0.207. The van der Waals surface area contributed by atoms with Gasteiger partial charge in [0.25, 0.3) is 5.91 Å². The molecule has 1 aromatic carbocycles. The Kier molecular flexibility index (Phi) is 5.21. The van der Waals surface area contributed by atoms with Crippen LogP contribution in [0.3, 0.4) is 0 Å². The van der Waals surface area contributed by atoms with E-state index in [2.05, 4.69) is 15.6 Å². The van der Waals surface area contributed by atoms with Gasteiger partial charge in [-0.15, -0.1) is 0 Å². The monoisotopic (exact) mass is 323 g/mol. The topological polar surface area (TPSA) is 71.1 Å². The van der Waals surface area contributed by atoms with Crippen LogP contribution in [0.2, 0.25) is 0 Å². The molecule has 2 aromatic rings. The molecule has 0 bridgehead atoms. The van der Waals surface area contributed by atoms with Crippen LogP contribution in [0.25, 0.3) is 0 Å². The van der Waals surface area contributed by atoms with Crippen molar-refractivity contribution < 1.29 is 9.59 Å². The lowest BCUT2D eigenvalue weighted by molar-refractivity contribution is -0.117. The predicted molar refractivity (Wildman–Crippen MR) is 93.8 cm³/mol. The lowest BCUT2D eigenvalue weighted by Gasteiger charge is -2.10. The van der Waals surface area contributed by atoms with Crippen molar-refractivity contribution in [3.05, 3.63) is 54.4 Å². The van der Waals surface area contributed by atoms with Gasteiger partial charge in [-0.1, -0.05) is 12.8 Å². The Hall–Kier alpha value is -2.69. The first-order valence-electron chi connectivity index (χ1n) is 8.32. The smallest absolute Gasteiger partial charge is 0.257 e. The number of nitrogens with zero attached hydrogens (tertiary/aromatic N) is 1. The maximum absolute atomic E-state index is 12.0. The van der Waals surface area contributed by atoms with E-state index < -0.39 is 0 Å². The zero-order chi connectivity index (χ0) is 16.8. The Morgan fingerprint density at radius 1 is 1.00 bits per heavy atom. The number of rotatable bonds is 5. The molecule has 0 unspecified atom stereocenters. The van der Waals surface area contributed by atoms with Gasteiger partial charge in [-0.25, -0.2) is 0 Å². The van der Waals surface area contributed by atoms with Gasteiger partial charge in [-0.3, -0.25) is 14.6 Å². The van der Waals surface area contributed by atoms with E-state index >= 15 is 0 Å². The second kappa shape index (κ2) is 7.73. The van der Waals surface area contributed by atoms with Crippen molar-refractivity contribution in [2.24, 2.45) is 5.92 Å². The fourth-order valence-corrected chi connectivity index (χ4v) is 3.03. The summed E-state index contributed by atoms with van der Waals surface area (Å²) in [6.07, 6.45) is 8.54. The summed E-state index contributed by atoms with van der Waals surface area (Å²) >= 11 is 0. The minimum absolute atomic E-state index is 0.0639. The molecule has 24 heavy (non-hydrogen) atoms. The molecule has 1 aliphatic carbocycles. The molecular formula is C19H21N3O2. The summed E-state index contributed by atoms with van der Waals surface area (Å²) in [6.45, 7) is 0. The van der Waals surface area contributed by atoms with E-state index in [4.69, 9.17) is 0 Å². The first-order valence-corrected chi connectivity index (χ1v) is 8.32. The molecule has 5 heteroatoms. The molecule has 0 radical (unpaired) electrons. The summed E-state index contributed by atoms with van der Waals surface area (Å²) in [5.74, 6) is 0.387. The first-order chi connectivity index (χ1) is 11.7. The Morgan fingerprint density at radius 2 is 1.67 bits per heavy atom. The molecule has 124 valence electrons. The third-order valence-corrected chi connectivity index (χ3v) is 4.30. The summed E-state index contributed by atoms with van der Waals surface area (Å²) in [5.41, 5.74) is 1.93. The Balaban J connectivity index is 1.53. The Labute approximate surface area is 141 Å². The van der Waals surface area contributed by atoms with Crippen LogP contribution in [0.5, 0.6) is 0 Å². The van der Waals surface area contributed by atoms with Gasteiger partial charge in [0.1, 0.15) is 0 Å². The van der Waals surface area contributed by atoms with Crippen LogP contribution in [0.4, 0.5) is 11.4 Å². The highest BCUT2D eigenvalue weighted by Gasteiger charge is 2.18. The maximum Gasteiger partial charge on any atom is 0.257 e. The zero-order valence-electron chi connectivity index (χ0n) is 13.5. The van der Waals surface area contributed by atoms with Crippen molar-refractivity contribution in [2.45, 2.75) is 32.1 Å². The second-order valence-electron chi connectivity index (χ2n) is 6.18. The molecule has 2 N–H and O–H groups in total. The van der Waals surface area contributed by atoms with Crippen molar-refractivity contribution >= 4 is 23.2 Å². The van der Waals surface area contributed by atoms with Crippen molar-refractivity contribution in [2.75, 3.05) is 10.6 Å². The molecule has 3 rings (SSSR count). The van der Waals surface area contributed by atoms with E-state index in [9.17, 15) is 9.59 Å². The van der Waals surface area contributed by atoms with Gasteiger partial charge in [0.05, 0.1) is 5.56 Å². The van der Waals surface area contributed by atoms with Crippen molar-refractivity contribution in [1.82, 2.24) is 4.98 Å². The van der Waals surface area contributed by atoms with Gasteiger partial charge in [0.2, 0.25) is 5.91 Å². The average molecular weight is 323 g/mol. The highest BCUT2D eigenvalue weighted by Crippen LogP contribution is 2.27. The maximum atomic E-state index is 12.0. The van der Waals surface area contributed by atoms with Crippen molar-refractivity contribution in [3.8, 4) is 0 Å². The van der Waals surface area contributed by atoms with E-state index in [1.807, 2.05) is 0 Å². The molecule has 0 spiro atoms. The number of carbonyl (C=O) groups excluding carboxylic acids is 2. The highest BCUT2D eigenvalue weighted by atomic mass is 16.2. The lowest BCUT2D eigenvalue weighted by Crippen LogP contribution is -2.15. The predicted octanol–water partition coefficient (Wildman–Crippen LogP) is 3.85. The molecule has 1 heterocycles. The third kappa shape index (κ3) is 4.41. The SMILES string of the molecule is O=C(CC1CCCC1)Nc1ccc(NC(=O)c2cccnc2)cc1. The van der Waals surface area contributed by atoms with Gasteiger partial charge >= 0.3 is 0 Å². The normalized spacial score (nSPS) is 14.3. The number of hydrogen-bond donors (Lipinski definition) is 2. The summed E-state index contributed by atoms with van der Waals surface area (Å²) in [7, 11) is 0. The molecule has 1 fully saturated rings. The van der Waals surface area contributed by atoms with Gasteiger partial charge in [-0.05, 0) is 55.2 Å². The molecule has 1 aliphatic rings. The summed E-state index contributed by atoms with van der Waals surface area (Å²) in [6, 6.07) is 10.6. The van der Waals surface area contributed by atoms with E-state index in [0.29, 0.717) is 23.6 Å². The van der Waals surface area contributed by atoms with Crippen LogP contribution >= 0.6 is 0 Å². The van der Waals surface area contributed by atoms with Gasteiger partial charge in [-0.2, -0.15) is 0 Å². The van der Waals surface area contributed by atoms with Gasteiger partial charge in [0.15, 0.2) is 0 Å². The fraction of sp³-hybridized carbons (Fsp3) is 0.316. The van der Waals surface area contributed by atoms with Gasteiger partial charge < -0.3 is 10.6 Å². The first kappa shape index (κ1) is 16.2.